The summed E-state index contributed by atoms with van der Waals surface area (Å²) in [7, 11) is 1.46. The van der Waals surface area contributed by atoms with Crippen molar-refractivity contribution in [3.8, 4) is 11.5 Å². The van der Waals surface area contributed by atoms with E-state index in [0.717, 1.165) is 11.8 Å². The monoisotopic (exact) mass is 302 g/mol. The number of methoxy groups -OCH3 is 1. The first-order valence-corrected chi connectivity index (χ1v) is 6.89. The number of benzene rings is 1. The number of phenols is 1. The summed E-state index contributed by atoms with van der Waals surface area (Å²) in [6.07, 6.45) is 5.57. The average Bonchev–Trinajstić information content (AvgIpc) is 2.52. The topological polar surface area (TPSA) is 76.0 Å². The highest BCUT2D eigenvalue weighted by atomic mass is 16.5. The molecule has 0 amide bonds. The van der Waals surface area contributed by atoms with Gasteiger partial charge in [-0.1, -0.05) is 12.1 Å². The van der Waals surface area contributed by atoms with Crippen molar-refractivity contribution in [2.75, 3.05) is 13.7 Å². The molecule has 1 aromatic rings. The van der Waals surface area contributed by atoms with Gasteiger partial charge in [-0.3, -0.25) is 0 Å². The van der Waals surface area contributed by atoms with Crippen LogP contribution in [0.3, 0.4) is 0 Å². The van der Waals surface area contributed by atoms with Gasteiger partial charge in [0.1, 0.15) is 6.29 Å². The molecule has 1 aliphatic carbocycles. The Morgan fingerprint density at radius 2 is 2.09 bits per heavy atom. The van der Waals surface area contributed by atoms with E-state index in [9.17, 15) is 15.0 Å². The number of ether oxygens (including phenoxy) is 2. The van der Waals surface area contributed by atoms with Gasteiger partial charge in [0.05, 0.1) is 19.6 Å². The van der Waals surface area contributed by atoms with Crippen molar-refractivity contribution in [1.29, 1.82) is 0 Å². The molecule has 0 radical (unpaired) electrons. The molecule has 0 fully saturated rings. The normalized spacial score (nSPS) is 19.4. The Hall–Kier alpha value is -2.69. The second kappa shape index (κ2) is 6.85. The van der Waals surface area contributed by atoms with Crippen LogP contribution in [-0.2, 0) is 9.53 Å². The van der Waals surface area contributed by atoms with Crippen molar-refractivity contribution in [1.82, 2.24) is 0 Å². The molecule has 0 heterocycles. The summed E-state index contributed by atoms with van der Waals surface area (Å²) in [6.45, 7) is 2.17. The van der Waals surface area contributed by atoms with Crippen LogP contribution in [0.2, 0.25) is 0 Å². The first-order chi connectivity index (χ1) is 10.6. The number of carbonyl (C=O) groups excluding carboxylic acids is 1. The maximum Gasteiger partial charge on any atom is 0.165 e. The second-order valence-corrected chi connectivity index (χ2v) is 4.70. The molecule has 0 saturated carbocycles. The molecule has 2 N–H and O–H groups in total. The molecule has 22 heavy (non-hydrogen) atoms. The lowest BCUT2D eigenvalue weighted by Gasteiger charge is -2.20. The lowest BCUT2D eigenvalue weighted by atomic mass is 9.91. The fourth-order valence-corrected chi connectivity index (χ4v) is 2.22. The zero-order chi connectivity index (χ0) is 16.1. The van der Waals surface area contributed by atoms with E-state index in [-0.39, 0.29) is 17.3 Å². The van der Waals surface area contributed by atoms with Crippen LogP contribution >= 0.6 is 0 Å². The van der Waals surface area contributed by atoms with Crippen LogP contribution < -0.4 is 4.74 Å². The molecule has 0 spiro atoms. The SMILES string of the molecule is CCOC1=C(O)C=CC(C=O)C1=Cc1ccc(O)c(OC)c1. The molecule has 5 heteroatoms. The number of aromatic hydroxyl groups is 1. The molecular formula is C17H18O5. The Morgan fingerprint density at radius 1 is 1.32 bits per heavy atom. The minimum atomic E-state index is -0.503. The molecule has 0 saturated heterocycles. The lowest BCUT2D eigenvalue weighted by molar-refractivity contribution is -0.109. The predicted octanol–water partition coefficient (Wildman–Crippen LogP) is 2.98. The summed E-state index contributed by atoms with van der Waals surface area (Å²) in [4.78, 5) is 11.3. The van der Waals surface area contributed by atoms with E-state index < -0.39 is 5.92 Å². The highest BCUT2D eigenvalue weighted by Gasteiger charge is 2.23. The maximum atomic E-state index is 11.3. The molecular weight excluding hydrogens is 284 g/mol. The summed E-state index contributed by atoms with van der Waals surface area (Å²) in [6, 6.07) is 4.83. The van der Waals surface area contributed by atoms with Crippen molar-refractivity contribution < 1.29 is 24.5 Å². The molecule has 1 unspecified atom stereocenters. The molecule has 116 valence electrons. The Labute approximate surface area is 128 Å². The smallest absolute Gasteiger partial charge is 0.165 e. The van der Waals surface area contributed by atoms with E-state index in [2.05, 4.69) is 0 Å². The van der Waals surface area contributed by atoms with Gasteiger partial charge in [-0.15, -0.1) is 0 Å². The molecule has 2 rings (SSSR count). The number of aliphatic hydroxyl groups excluding tert-OH is 1. The molecule has 1 aromatic carbocycles. The van der Waals surface area contributed by atoms with E-state index in [1.165, 1.54) is 19.3 Å². The molecule has 5 nitrogen and oxygen atoms in total. The highest BCUT2D eigenvalue weighted by molar-refractivity contribution is 5.73. The quantitative estimate of drug-likeness (QED) is 0.818. The van der Waals surface area contributed by atoms with Crippen LogP contribution in [0.4, 0.5) is 0 Å². The van der Waals surface area contributed by atoms with Crippen LogP contribution in [0.25, 0.3) is 6.08 Å². The fourth-order valence-electron chi connectivity index (χ4n) is 2.22. The van der Waals surface area contributed by atoms with Crippen molar-refractivity contribution in [3.63, 3.8) is 0 Å². The maximum absolute atomic E-state index is 11.3. The molecule has 1 aliphatic rings. The summed E-state index contributed by atoms with van der Waals surface area (Å²) >= 11 is 0. The van der Waals surface area contributed by atoms with Crippen LogP contribution in [0, 0.1) is 5.92 Å². The first kappa shape index (κ1) is 15.7. The number of aliphatic hydroxyl groups is 1. The number of allylic oxidation sites excluding steroid dienone is 3. The molecule has 0 aromatic heterocycles. The van der Waals surface area contributed by atoms with Gasteiger partial charge in [0, 0.05) is 5.57 Å². The zero-order valence-corrected chi connectivity index (χ0v) is 12.4. The standard InChI is InChI=1S/C17H18O5/c1-3-22-17-13(12(10-18)5-7-15(17)20)8-11-4-6-14(19)16(9-11)21-2/h4-10,12,19-20H,3H2,1-2H3. The van der Waals surface area contributed by atoms with E-state index >= 15 is 0 Å². The average molecular weight is 302 g/mol. The molecule has 1 atom stereocenters. The van der Waals surface area contributed by atoms with Crippen molar-refractivity contribution in [2.45, 2.75) is 6.92 Å². The van der Waals surface area contributed by atoms with Gasteiger partial charge in [0.2, 0.25) is 0 Å². The number of rotatable bonds is 5. The molecule has 0 bridgehead atoms. The third kappa shape index (κ3) is 3.14. The van der Waals surface area contributed by atoms with Crippen molar-refractivity contribution in [2.24, 2.45) is 5.92 Å². The predicted molar refractivity (Wildman–Crippen MR) is 82.6 cm³/mol. The summed E-state index contributed by atoms with van der Waals surface area (Å²) in [5.74, 6) is 0.126. The van der Waals surface area contributed by atoms with Gasteiger partial charge >= 0.3 is 0 Å². The van der Waals surface area contributed by atoms with E-state index in [4.69, 9.17) is 9.47 Å². The second-order valence-electron chi connectivity index (χ2n) is 4.70. The molecule has 0 aliphatic heterocycles. The summed E-state index contributed by atoms with van der Waals surface area (Å²) < 4.78 is 10.5. The van der Waals surface area contributed by atoms with Gasteiger partial charge in [0.25, 0.3) is 0 Å². The van der Waals surface area contributed by atoms with Crippen molar-refractivity contribution in [3.05, 3.63) is 53.0 Å². The Bertz CT molecular complexity index is 655. The van der Waals surface area contributed by atoms with Gasteiger partial charge in [0.15, 0.2) is 23.0 Å². The third-order valence-corrected chi connectivity index (χ3v) is 3.28. The Kier molecular flexibility index (Phi) is 4.88. The Morgan fingerprint density at radius 3 is 2.73 bits per heavy atom. The van der Waals surface area contributed by atoms with Gasteiger partial charge in [-0.25, -0.2) is 0 Å². The number of aldehydes is 1. The Balaban J connectivity index is 2.49. The number of phenolic OH excluding ortho intramolecular Hbond substituents is 1. The lowest BCUT2D eigenvalue weighted by Crippen LogP contribution is -2.13. The third-order valence-electron chi connectivity index (χ3n) is 3.28. The summed E-state index contributed by atoms with van der Waals surface area (Å²) in [5, 5.41) is 19.6. The number of hydrogen-bond donors (Lipinski definition) is 2. The van der Waals surface area contributed by atoms with E-state index in [0.29, 0.717) is 17.9 Å². The minimum absolute atomic E-state index is 0.0167. The van der Waals surface area contributed by atoms with E-state index in [1.54, 1.807) is 31.2 Å². The van der Waals surface area contributed by atoms with Crippen molar-refractivity contribution >= 4 is 12.4 Å². The van der Waals surface area contributed by atoms with Crippen LogP contribution in [0.15, 0.2) is 47.4 Å². The fraction of sp³-hybridized carbons (Fsp3) is 0.235. The van der Waals surface area contributed by atoms with Crippen LogP contribution in [0.1, 0.15) is 12.5 Å². The van der Waals surface area contributed by atoms with E-state index in [1.807, 2.05) is 0 Å². The zero-order valence-electron chi connectivity index (χ0n) is 12.4. The van der Waals surface area contributed by atoms with Gasteiger partial charge in [-0.05, 0) is 36.8 Å². The highest BCUT2D eigenvalue weighted by Crippen LogP contribution is 2.32. The van der Waals surface area contributed by atoms with Crippen LogP contribution in [0.5, 0.6) is 11.5 Å². The first-order valence-electron chi connectivity index (χ1n) is 6.89. The van der Waals surface area contributed by atoms with Gasteiger partial charge < -0.3 is 24.5 Å². The minimum Gasteiger partial charge on any atom is -0.504 e. The summed E-state index contributed by atoms with van der Waals surface area (Å²) in [5.41, 5.74) is 1.28. The van der Waals surface area contributed by atoms with Gasteiger partial charge in [-0.2, -0.15) is 0 Å². The number of carbonyl (C=O) groups is 1. The largest absolute Gasteiger partial charge is 0.504 e. The number of hydrogen-bond acceptors (Lipinski definition) is 5. The van der Waals surface area contributed by atoms with Crippen LogP contribution in [-0.4, -0.2) is 30.2 Å².